The van der Waals surface area contributed by atoms with Gasteiger partial charge >= 0.3 is 5.97 Å². The van der Waals surface area contributed by atoms with Crippen LogP contribution >= 0.6 is 23.6 Å². The number of rotatable bonds is 3. The van der Waals surface area contributed by atoms with Gasteiger partial charge in [-0.2, -0.15) is 0 Å². The van der Waals surface area contributed by atoms with Crippen LogP contribution in [-0.4, -0.2) is 30.2 Å². The van der Waals surface area contributed by atoms with Gasteiger partial charge in [0.05, 0.1) is 19.2 Å². The van der Waals surface area contributed by atoms with Crippen LogP contribution in [-0.2, 0) is 16.0 Å². The number of carbonyl (C=O) groups excluding carboxylic acids is 1. The lowest BCUT2D eigenvalue weighted by molar-refractivity contribution is -0.139. The lowest BCUT2D eigenvalue weighted by Gasteiger charge is -2.01. The van der Waals surface area contributed by atoms with Crippen LogP contribution in [0.3, 0.4) is 0 Å². The van der Waals surface area contributed by atoms with Gasteiger partial charge in [0, 0.05) is 11.9 Å². The molecule has 0 aliphatic carbocycles. The SMILES string of the molecule is CNC(=S)Nc1nc(C)c(CC(=O)OC)s1. The molecule has 0 fully saturated rings. The van der Waals surface area contributed by atoms with Crippen molar-refractivity contribution in [2.24, 2.45) is 0 Å². The lowest BCUT2D eigenvalue weighted by atomic mass is 10.3. The van der Waals surface area contributed by atoms with Crippen molar-refractivity contribution >= 4 is 39.8 Å². The van der Waals surface area contributed by atoms with E-state index in [0.717, 1.165) is 10.6 Å². The van der Waals surface area contributed by atoms with Crippen LogP contribution in [0.5, 0.6) is 0 Å². The summed E-state index contributed by atoms with van der Waals surface area (Å²) in [6, 6.07) is 0. The number of hydrogen-bond acceptors (Lipinski definition) is 5. The zero-order valence-electron chi connectivity index (χ0n) is 9.29. The molecule has 0 amide bonds. The standard InChI is InChI=1S/C9H13N3O2S2/c1-5-6(4-7(13)14-3)16-9(11-5)12-8(15)10-2/h4H2,1-3H3,(H2,10,11,12,15). The molecule has 7 heteroatoms. The van der Waals surface area contributed by atoms with E-state index in [2.05, 4.69) is 20.4 Å². The number of aryl methyl sites for hydroxylation is 1. The smallest absolute Gasteiger partial charge is 0.310 e. The molecule has 0 saturated carbocycles. The highest BCUT2D eigenvalue weighted by molar-refractivity contribution is 7.80. The fourth-order valence-corrected chi connectivity index (χ4v) is 2.12. The maximum atomic E-state index is 11.1. The van der Waals surface area contributed by atoms with E-state index in [1.807, 2.05) is 6.92 Å². The summed E-state index contributed by atoms with van der Waals surface area (Å²) in [7, 11) is 3.10. The van der Waals surface area contributed by atoms with E-state index in [0.29, 0.717) is 10.2 Å². The van der Waals surface area contributed by atoms with Crippen molar-refractivity contribution in [3.8, 4) is 0 Å². The molecule has 0 unspecified atom stereocenters. The summed E-state index contributed by atoms with van der Waals surface area (Å²) in [4.78, 5) is 16.3. The van der Waals surface area contributed by atoms with Crippen molar-refractivity contribution in [1.82, 2.24) is 10.3 Å². The Balaban J connectivity index is 2.73. The maximum absolute atomic E-state index is 11.1. The molecule has 0 aromatic carbocycles. The van der Waals surface area contributed by atoms with Gasteiger partial charge in [-0.1, -0.05) is 0 Å². The molecule has 0 spiro atoms. The normalized spacial score (nSPS) is 9.69. The number of hydrogen-bond donors (Lipinski definition) is 2. The minimum absolute atomic E-state index is 0.244. The summed E-state index contributed by atoms with van der Waals surface area (Å²) < 4.78 is 4.60. The van der Waals surface area contributed by atoms with Gasteiger partial charge in [-0.3, -0.25) is 4.79 Å². The molecular weight excluding hydrogens is 246 g/mol. The van der Waals surface area contributed by atoms with Gasteiger partial charge < -0.3 is 15.4 Å². The van der Waals surface area contributed by atoms with Crippen molar-refractivity contribution in [2.45, 2.75) is 13.3 Å². The highest BCUT2D eigenvalue weighted by atomic mass is 32.1. The predicted octanol–water partition coefficient (Wildman–Crippen LogP) is 1.08. The molecular formula is C9H13N3O2S2. The number of methoxy groups -OCH3 is 1. The first-order chi connectivity index (χ1) is 7.56. The first-order valence-corrected chi connectivity index (χ1v) is 5.81. The Hall–Kier alpha value is -1.21. The van der Waals surface area contributed by atoms with Crippen molar-refractivity contribution in [2.75, 3.05) is 19.5 Å². The fourth-order valence-electron chi connectivity index (χ4n) is 1.01. The number of aromatic nitrogens is 1. The van der Waals surface area contributed by atoms with Crippen LogP contribution < -0.4 is 10.6 Å². The first-order valence-electron chi connectivity index (χ1n) is 4.58. The molecule has 1 aromatic heterocycles. The molecule has 1 aromatic rings. The third kappa shape index (κ3) is 3.42. The van der Waals surface area contributed by atoms with Crippen molar-refractivity contribution in [1.29, 1.82) is 0 Å². The first kappa shape index (κ1) is 12.9. The average molecular weight is 259 g/mol. The van der Waals surface area contributed by atoms with Crippen molar-refractivity contribution < 1.29 is 9.53 Å². The Morgan fingerprint density at radius 1 is 1.62 bits per heavy atom. The molecule has 0 aliphatic heterocycles. The fraction of sp³-hybridized carbons (Fsp3) is 0.444. The van der Waals surface area contributed by atoms with Gasteiger partial charge in [0.2, 0.25) is 0 Å². The largest absolute Gasteiger partial charge is 0.469 e. The molecule has 1 rings (SSSR count). The third-order valence-corrected chi connectivity index (χ3v) is 3.25. The second-order valence-electron chi connectivity index (χ2n) is 2.98. The number of nitrogens with one attached hydrogen (secondary N) is 2. The Kier molecular flexibility index (Phi) is 4.63. The molecule has 2 N–H and O–H groups in total. The van der Waals surface area contributed by atoms with Crippen LogP contribution in [0, 0.1) is 6.92 Å². The maximum Gasteiger partial charge on any atom is 0.310 e. The third-order valence-electron chi connectivity index (χ3n) is 1.87. The summed E-state index contributed by atoms with van der Waals surface area (Å²) in [5.41, 5.74) is 0.816. The molecule has 88 valence electrons. The molecule has 0 radical (unpaired) electrons. The van der Waals surface area contributed by atoms with E-state index in [4.69, 9.17) is 12.2 Å². The van der Waals surface area contributed by atoms with E-state index in [9.17, 15) is 4.79 Å². The van der Waals surface area contributed by atoms with Crippen molar-refractivity contribution in [3.63, 3.8) is 0 Å². The molecule has 16 heavy (non-hydrogen) atoms. The van der Waals surface area contributed by atoms with Crippen LogP contribution in [0.1, 0.15) is 10.6 Å². The number of thiocarbonyl (C=S) groups is 1. The van der Waals surface area contributed by atoms with E-state index in [-0.39, 0.29) is 12.4 Å². The lowest BCUT2D eigenvalue weighted by Crippen LogP contribution is -2.23. The number of nitrogens with zero attached hydrogens (tertiary/aromatic N) is 1. The summed E-state index contributed by atoms with van der Waals surface area (Å²) in [6.45, 7) is 1.85. The second-order valence-corrected chi connectivity index (χ2v) is 4.48. The van der Waals surface area contributed by atoms with Gasteiger partial charge in [-0.05, 0) is 19.1 Å². The number of thiazole rings is 1. The van der Waals surface area contributed by atoms with Gasteiger partial charge in [0.25, 0.3) is 0 Å². The predicted molar refractivity (Wildman–Crippen MR) is 67.9 cm³/mol. The number of ether oxygens (including phenoxy) is 1. The van der Waals surface area contributed by atoms with Crippen LogP contribution in [0.4, 0.5) is 5.13 Å². The summed E-state index contributed by atoms with van der Waals surface area (Å²) >= 11 is 6.35. The van der Waals surface area contributed by atoms with E-state index >= 15 is 0 Å². The Morgan fingerprint density at radius 3 is 2.88 bits per heavy atom. The van der Waals surface area contributed by atoms with Crippen LogP contribution in [0.2, 0.25) is 0 Å². The highest BCUT2D eigenvalue weighted by Gasteiger charge is 2.12. The monoisotopic (exact) mass is 259 g/mol. The molecule has 0 saturated heterocycles. The van der Waals surface area contributed by atoms with E-state index in [1.54, 1.807) is 7.05 Å². The minimum atomic E-state index is -0.269. The zero-order valence-corrected chi connectivity index (χ0v) is 10.9. The Morgan fingerprint density at radius 2 is 2.31 bits per heavy atom. The van der Waals surface area contributed by atoms with Crippen LogP contribution in [0.15, 0.2) is 0 Å². The Labute approximate surface area is 103 Å². The van der Waals surface area contributed by atoms with Gasteiger partial charge in [-0.15, -0.1) is 11.3 Å². The van der Waals surface area contributed by atoms with Crippen LogP contribution in [0.25, 0.3) is 0 Å². The van der Waals surface area contributed by atoms with Gasteiger partial charge in [-0.25, -0.2) is 4.98 Å². The average Bonchev–Trinajstić information content (AvgIpc) is 2.58. The molecule has 0 bridgehead atoms. The summed E-state index contributed by atoms with van der Waals surface area (Å²) in [6.07, 6.45) is 0.244. The van der Waals surface area contributed by atoms with E-state index in [1.165, 1.54) is 18.4 Å². The molecule has 5 nitrogen and oxygen atoms in total. The topological polar surface area (TPSA) is 63.2 Å². The van der Waals surface area contributed by atoms with Crippen molar-refractivity contribution in [3.05, 3.63) is 10.6 Å². The quantitative estimate of drug-likeness (QED) is 0.626. The minimum Gasteiger partial charge on any atom is -0.469 e. The number of esters is 1. The summed E-state index contributed by atoms with van der Waals surface area (Å²) in [5, 5.41) is 6.88. The molecule has 1 heterocycles. The van der Waals surface area contributed by atoms with E-state index < -0.39 is 0 Å². The Bertz CT molecular complexity index is 403. The molecule has 0 aliphatic rings. The molecule has 0 atom stereocenters. The number of anilines is 1. The second kappa shape index (κ2) is 5.76. The van der Waals surface area contributed by atoms with Gasteiger partial charge in [0.15, 0.2) is 10.2 Å². The zero-order chi connectivity index (χ0) is 12.1. The van der Waals surface area contributed by atoms with Gasteiger partial charge in [0.1, 0.15) is 0 Å². The summed E-state index contributed by atoms with van der Waals surface area (Å²) in [5.74, 6) is -0.269. The highest BCUT2D eigenvalue weighted by Crippen LogP contribution is 2.23. The number of carbonyl (C=O) groups is 1.